The second-order valence-electron chi connectivity index (χ2n) is 5.88. The number of hydrogen-bond donors (Lipinski definition) is 1. The summed E-state index contributed by atoms with van der Waals surface area (Å²) in [5, 5.41) is 9.33. The van der Waals surface area contributed by atoms with E-state index in [1.165, 1.54) is 4.90 Å². The molecule has 2 aromatic rings. The van der Waals surface area contributed by atoms with Crippen molar-refractivity contribution in [3.63, 3.8) is 0 Å². The number of amides is 1. The number of morpholine rings is 1. The molecule has 1 unspecified atom stereocenters. The first-order valence-electron chi connectivity index (χ1n) is 7.86. The molecule has 0 saturated carbocycles. The van der Waals surface area contributed by atoms with Crippen LogP contribution in [0.4, 0.5) is 0 Å². The largest absolute Gasteiger partial charge is 0.480 e. The lowest BCUT2D eigenvalue weighted by Crippen LogP contribution is -2.52. The molecule has 0 radical (unpaired) electrons. The fourth-order valence-electron chi connectivity index (χ4n) is 3.16. The van der Waals surface area contributed by atoms with E-state index in [0.717, 1.165) is 17.1 Å². The quantitative estimate of drug-likeness (QED) is 0.936. The van der Waals surface area contributed by atoms with Crippen molar-refractivity contribution in [2.45, 2.75) is 19.9 Å². The van der Waals surface area contributed by atoms with Gasteiger partial charge in [-0.1, -0.05) is 18.2 Å². The maximum absolute atomic E-state index is 12.9. The van der Waals surface area contributed by atoms with Gasteiger partial charge in [-0.15, -0.1) is 0 Å². The molecule has 6 heteroatoms. The van der Waals surface area contributed by atoms with E-state index in [9.17, 15) is 14.7 Å². The standard InChI is InChI=1S/C18H20N2O4/c1-12-10-15(13(2)20(12)14-6-4-3-5-7-14)17(21)19-8-9-24-11-16(19)18(22)23/h3-7,10,16H,8-9,11H2,1-2H3,(H,22,23). The summed E-state index contributed by atoms with van der Waals surface area (Å²) in [6, 6.07) is 10.7. The molecule has 1 N–H and O–H groups in total. The molecule has 1 atom stereocenters. The molecule has 0 aliphatic carbocycles. The molecule has 1 aromatic carbocycles. The second kappa shape index (κ2) is 6.49. The zero-order valence-electron chi connectivity index (χ0n) is 13.7. The summed E-state index contributed by atoms with van der Waals surface area (Å²) in [6.07, 6.45) is 0. The summed E-state index contributed by atoms with van der Waals surface area (Å²) in [6.45, 7) is 4.48. The molecule has 0 spiro atoms. The van der Waals surface area contributed by atoms with Gasteiger partial charge >= 0.3 is 5.97 Å². The molecule has 3 rings (SSSR count). The van der Waals surface area contributed by atoms with Crippen LogP contribution >= 0.6 is 0 Å². The Hall–Kier alpha value is -2.60. The number of carbonyl (C=O) groups is 2. The number of benzene rings is 1. The third kappa shape index (κ3) is 2.80. The van der Waals surface area contributed by atoms with Crippen molar-refractivity contribution in [2.24, 2.45) is 0 Å². The van der Waals surface area contributed by atoms with Gasteiger partial charge in [-0.25, -0.2) is 4.79 Å². The summed E-state index contributed by atoms with van der Waals surface area (Å²) in [7, 11) is 0. The molecule has 0 bridgehead atoms. The van der Waals surface area contributed by atoms with Crippen molar-refractivity contribution in [2.75, 3.05) is 19.8 Å². The third-order valence-corrected chi connectivity index (χ3v) is 4.35. The Kier molecular flexibility index (Phi) is 4.40. The Bertz CT molecular complexity index is 767. The van der Waals surface area contributed by atoms with Crippen LogP contribution in [0.25, 0.3) is 5.69 Å². The maximum atomic E-state index is 12.9. The SMILES string of the molecule is Cc1cc(C(=O)N2CCOCC2C(=O)O)c(C)n1-c1ccccc1. The van der Waals surface area contributed by atoms with Crippen LogP contribution in [-0.4, -0.2) is 52.3 Å². The van der Waals surface area contributed by atoms with Crippen molar-refractivity contribution < 1.29 is 19.4 Å². The van der Waals surface area contributed by atoms with Crippen molar-refractivity contribution in [3.05, 3.63) is 53.3 Å². The fourth-order valence-corrected chi connectivity index (χ4v) is 3.16. The van der Waals surface area contributed by atoms with Crippen LogP contribution in [-0.2, 0) is 9.53 Å². The molecule has 1 fully saturated rings. The lowest BCUT2D eigenvalue weighted by Gasteiger charge is -2.32. The molecule has 1 aromatic heterocycles. The predicted molar refractivity (Wildman–Crippen MR) is 88.5 cm³/mol. The zero-order chi connectivity index (χ0) is 17.3. The van der Waals surface area contributed by atoms with Crippen LogP contribution in [0.1, 0.15) is 21.7 Å². The summed E-state index contributed by atoms with van der Waals surface area (Å²) in [5.41, 5.74) is 3.24. The maximum Gasteiger partial charge on any atom is 0.328 e. The topological polar surface area (TPSA) is 71.8 Å². The number of aryl methyl sites for hydroxylation is 1. The number of ether oxygens (including phenoxy) is 1. The minimum atomic E-state index is -1.04. The average molecular weight is 328 g/mol. The minimum absolute atomic E-state index is 0.0263. The van der Waals surface area contributed by atoms with Crippen LogP contribution in [0.15, 0.2) is 36.4 Å². The van der Waals surface area contributed by atoms with E-state index in [2.05, 4.69) is 0 Å². The Morgan fingerprint density at radius 1 is 1.21 bits per heavy atom. The van der Waals surface area contributed by atoms with E-state index in [1.54, 1.807) is 0 Å². The van der Waals surface area contributed by atoms with Crippen molar-refractivity contribution in [3.8, 4) is 5.69 Å². The number of rotatable bonds is 3. The van der Waals surface area contributed by atoms with Gasteiger partial charge in [0, 0.05) is 23.6 Å². The Balaban J connectivity index is 1.98. The van der Waals surface area contributed by atoms with Gasteiger partial charge in [0.2, 0.25) is 0 Å². The summed E-state index contributed by atoms with van der Waals surface area (Å²) < 4.78 is 7.21. The Morgan fingerprint density at radius 2 is 1.92 bits per heavy atom. The molecular formula is C18H20N2O4. The number of carboxylic acids is 1. The number of hydrogen-bond acceptors (Lipinski definition) is 3. The number of nitrogens with zero attached hydrogens (tertiary/aromatic N) is 2. The highest BCUT2D eigenvalue weighted by Gasteiger charge is 2.34. The minimum Gasteiger partial charge on any atom is -0.480 e. The first-order valence-corrected chi connectivity index (χ1v) is 7.86. The van der Waals surface area contributed by atoms with Gasteiger partial charge < -0.3 is 19.3 Å². The van der Waals surface area contributed by atoms with Crippen molar-refractivity contribution >= 4 is 11.9 Å². The number of carboxylic acid groups (broad SMARTS) is 1. The molecule has 24 heavy (non-hydrogen) atoms. The number of aromatic nitrogens is 1. The monoisotopic (exact) mass is 328 g/mol. The van der Waals surface area contributed by atoms with Gasteiger partial charge in [0.15, 0.2) is 6.04 Å². The van der Waals surface area contributed by atoms with Crippen molar-refractivity contribution in [1.29, 1.82) is 0 Å². The van der Waals surface area contributed by atoms with Gasteiger partial charge in [0.05, 0.1) is 18.8 Å². The normalized spacial score (nSPS) is 17.8. The number of carbonyl (C=O) groups excluding carboxylic acids is 1. The molecule has 6 nitrogen and oxygen atoms in total. The lowest BCUT2D eigenvalue weighted by atomic mass is 10.1. The van der Waals surface area contributed by atoms with Crippen LogP contribution < -0.4 is 0 Å². The van der Waals surface area contributed by atoms with E-state index in [1.807, 2.05) is 54.8 Å². The molecule has 2 heterocycles. The van der Waals surface area contributed by atoms with Gasteiger partial charge in [0.25, 0.3) is 5.91 Å². The second-order valence-corrected chi connectivity index (χ2v) is 5.88. The van der Waals surface area contributed by atoms with E-state index in [-0.39, 0.29) is 19.1 Å². The highest BCUT2D eigenvalue weighted by molar-refractivity contribution is 5.98. The summed E-state index contributed by atoms with van der Waals surface area (Å²) >= 11 is 0. The molecule has 1 amide bonds. The zero-order valence-corrected chi connectivity index (χ0v) is 13.7. The first-order chi connectivity index (χ1) is 11.5. The van der Waals surface area contributed by atoms with Crippen LogP contribution in [0.2, 0.25) is 0 Å². The first kappa shape index (κ1) is 16.3. The molecule has 1 aliphatic heterocycles. The van der Waals surface area contributed by atoms with Crippen LogP contribution in [0.5, 0.6) is 0 Å². The smallest absolute Gasteiger partial charge is 0.328 e. The Morgan fingerprint density at radius 3 is 2.58 bits per heavy atom. The fraction of sp³-hybridized carbons (Fsp3) is 0.333. The summed E-state index contributed by atoms with van der Waals surface area (Å²) in [5.74, 6) is -1.30. The van der Waals surface area contributed by atoms with E-state index in [4.69, 9.17) is 4.74 Å². The van der Waals surface area contributed by atoms with Crippen LogP contribution in [0, 0.1) is 13.8 Å². The van der Waals surface area contributed by atoms with E-state index >= 15 is 0 Å². The molecule has 1 aliphatic rings. The molecular weight excluding hydrogens is 308 g/mol. The highest BCUT2D eigenvalue weighted by Crippen LogP contribution is 2.23. The number of aliphatic carboxylic acids is 1. The Labute approximate surface area is 140 Å². The number of para-hydroxylation sites is 1. The predicted octanol–water partition coefficient (Wildman–Crippen LogP) is 2.02. The molecule has 126 valence electrons. The van der Waals surface area contributed by atoms with Gasteiger partial charge in [-0.05, 0) is 32.0 Å². The van der Waals surface area contributed by atoms with E-state index in [0.29, 0.717) is 12.2 Å². The van der Waals surface area contributed by atoms with Crippen molar-refractivity contribution in [1.82, 2.24) is 9.47 Å². The lowest BCUT2D eigenvalue weighted by molar-refractivity contribution is -0.147. The van der Waals surface area contributed by atoms with E-state index < -0.39 is 12.0 Å². The van der Waals surface area contributed by atoms with Crippen LogP contribution in [0.3, 0.4) is 0 Å². The molecule has 1 saturated heterocycles. The summed E-state index contributed by atoms with van der Waals surface area (Å²) in [4.78, 5) is 25.7. The van der Waals surface area contributed by atoms with Gasteiger partial charge in [0.1, 0.15) is 0 Å². The van der Waals surface area contributed by atoms with Gasteiger partial charge in [-0.3, -0.25) is 4.79 Å². The average Bonchev–Trinajstić information content (AvgIpc) is 2.89. The van der Waals surface area contributed by atoms with Gasteiger partial charge in [-0.2, -0.15) is 0 Å². The highest BCUT2D eigenvalue weighted by atomic mass is 16.5. The third-order valence-electron chi connectivity index (χ3n) is 4.35.